The van der Waals surface area contributed by atoms with Crippen molar-refractivity contribution in [3.05, 3.63) is 53.6 Å². The first-order chi connectivity index (χ1) is 11.8. The highest BCUT2D eigenvalue weighted by Crippen LogP contribution is 2.25. The molecule has 8 heteroatoms. The molecule has 0 amide bonds. The third-order valence-corrected chi connectivity index (χ3v) is 4.11. The number of aromatic nitrogens is 7. The fourth-order valence-electron chi connectivity index (χ4n) is 2.65. The Hall–Kier alpha value is -2.80. The second-order valence-electron chi connectivity index (χ2n) is 5.38. The molecule has 0 bridgehead atoms. The van der Waals surface area contributed by atoms with Gasteiger partial charge in [0.15, 0.2) is 11.6 Å². The molecule has 0 fully saturated rings. The van der Waals surface area contributed by atoms with Crippen LogP contribution in [0.4, 0.5) is 0 Å². The predicted molar refractivity (Wildman–Crippen MR) is 90.5 cm³/mol. The molecule has 3 aromatic heterocycles. The summed E-state index contributed by atoms with van der Waals surface area (Å²) in [7, 11) is 0. The molecule has 0 saturated carbocycles. The van der Waals surface area contributed by atoms with Crippen molar-refractivity contribution in [2.45, 2.75) is 19.4 Å². The number of fused-ring (bicyclic) bond motifs is 1. The molecule has 0 aliphatic carbocycles. The van der Waals surface area contributed by atoms with Gasteiger partial charge in [0, 0.05) is 30.7 Å². The van der Waals surface area contributed by atoms with E-state index in [1.54, 1.807) is 6.20 Å². The molecule has 4 aromatic rings. The summed E-state index contributed by atoms with van der Waals surface area (Å²) in [4.78, 5) is 9.13. The van der Waals surface area contributed by atoms with Crippen molar-refractivity contribution in [1.29, 1.82) is 0 Å². The maximum atomic E-state index is 6.26. The van der Waals surface area contributed by atoms with E-state index < -0.39 is 0 Å². The molecule has 0 aliphatic rings. The lowest BCUT2D eigenvalue weighted by Gasteiger charge is -2.08. The molecule has 1 aromatic carbocycles. The molecule has 7 nitrogen and oxygen atoms in total. The summed E-state index contributed by atoms with van der Waals surface area (Å²) < 4.78 is 2.07. The fraction of sp³-hybridized carbons (Fsp3) is 0.188. The molecule has 3 heterocycles. The maximum Gasteiger partial charge on any atom is 0.174 e. The monoisotopic (exact) mass is 339 g/mol. The Morgan fingerprint density at radius 2 is 2.12 bits per heavy atom. The largest absolute Gasteiger partial charge is 0.330 e. The topological polar surface area (TPSA) is 85.2 Å². The Labute approximate surface area is 142 Å². The van der Waals surface area contributed by atoms with Crippen LogP contribution in [-0.2, 0) is 13.0 Å². The highest BCUT2D eigenvalue weighted by atomic mass is 35.5. The van der Waals surface area contributed by atoms with Crippen LogP contribution in [0.25, 0.3) is 22.4 Å². The lowest BCUT2D eigenvalue weighted by atomic mass is 10.2. The number of rotatable bonds is 5. The van der Waals surface area contributed by atoms with Crippen LogP contribution in [0.1, 0.15) is 12.2 Å². The van der Waals surface area contributed by atoms with Crippen molar-refractivity contribution in [3.8, 4) is 11.5 Å². The van der Waals surface area contributed by atoms with Crippen molar-refractivity contribution in [2.75, 3.05) is 0 Å². The molecular formula is C16H14ClN7. The van der Waals surface area contributed by atoms with Gasteiger partial charge < -0.3 is 4.57 Å². The Morgan fingerprint density at radius 3 is 3.00 bits per heavy atom. The number of nitrogens with zero attached hydrogens (tertiary/aromatic N) is 6. The van der Waals surface area contributed by atoms with Gasteiger partial charge >= 0.3 is 0 Å². The lowest BCUT2D eigenvalue weighted by molar-refractivity contribution is 0.633. The number of para-hydroxylation sites is 1. The first kappa shape index (κ1) is 14.8. The van der Waals surface area contributed by atoms with Gasteiger partial charge in [-0.2, -0.15) is 5.21 Å². The number of aromatic amines is 1. The van der Waals surface area contributed by atoms with Crippen LogP contribution in [0.15, 0.2) is 42.7 Å². The number of hydrogen-bond donors (Lipinski definition) is 1. The summed E-state index contributed by atoms with van der Waals surface area (Å²) in [5.74, 6) is 1.54. The minimum atomic E-state index is 0.643. The molecule has 0 unspecified atom stereocenters. The SMILES string of the molecule is Clc1cccc2ccc(-c3nccn3CCCc3nn[nH]n3)nc12. The number of H-pyrrole nitrogens is 1. The first-order valence-electron chi connectivity index (χ1n) is 7.60. The molecule has 0 atom stereocenters. The first-order valence-corrected chi connectivity index (χ1v) is 7.98. The average molecular weight is 340 g/mol. The number of tetrazole rings is 1. The minimum Gasteiger partial charge on any atom is -0.330 e. The standard InChI is InChI=1S/C16H14ClN7/c17-12-4-1-3-11-6-7-13(19-15(11)12)16-18-8-10-24(16)9-2-5-14-20-22-23-21-14/h1,3-4,6-8,10H,2,5,9H2,(H,20,21,22,23). The Bertz CT molecular complexity index is 962. The van der Waals surface area contributed by atoms with E-state index in [-0.39, 0.29) is 0 Å². The molecule has 1 N–H and O–H groups in total. The summed E-state index contributed by atoms with van der Waals surface area (Å²) >= 11 is 6.26. The number of imidazole rings is 1. The normalized spacial score (nSPS) is 11.2. The maximum absolute atomic E-state index is 6.26. The number of aryl methyl sites for hydroxylation is 2. The molecule has 0 radical (unpaired) electrons. The van der Waals surface area contributed by atoms with E-state index in [2.05, 4.69) is 35.2 Å². The number of benzene rings is 1. The summed E-state index contributed by atoms with van der Waals surface area (Å²) in [5.41, 5.74) is 1.60. The van der Waals surface area contributed by atoms with E-state index in [1.165, 1.54) is 0 Å². The van der Waals surface area contributed by atoms with E-state index in [4.69, 9.17) is 11.6 Å². The zero-order valence-electron chi connectivity index (χ0n) is 12.7. The van der Waals surface area contributed by atoms with Crippen molar-refractivity contribution in [3.63, 3.8) is 0 Å². The lowest BCUT2D eigenvalue weighted by Crippen LogP contribution is -2.03. The van der Waals surface area contributed by atoms with Crippen molar-refractivity contribution >= 4 is 22.5 Å². The molecular weight excluding hydrogens is 326 g/mol. The Balaban J connectivity index is 1.58. The van der Waals surface area contributed by atoms with E-state index in [0.29, 0.717) is 10.8 Å². The van der Waals surface area contributed by atoms with Crippen LogP contribution in [0, 0.1) is 0 Å². The van der Waals surface area contributed by atoms with E-state index in [0.717, 1.165) is 41.8 Å². The number of halogens is 1. The van der Waals surface area contributed by atoms with Gasteiger partial charge in [0.2, 0.25) is 0 Å². The minimum absolute atomic E-state index is 0.643. The van der Waals surface area contributed by atoms with Gasteiger partial charge in [-0.05, 0) is 18.6 Å². The average Bonchev–Trinajstić information content (AvgIpc) is 3.27. The van der Waals surface area contributed by atoms with E-state index >= 15 is 0 Å². The summed E-state index contributed by atoms with van der Waals surface area (Å²) in [6.45, 7) is 0.798. The molecule has 120 valence electrons. The highest BCUT2D eigenvalue weighted by Gasteiger charge is 2.10. The molecule has 0 aliphatic heterocycles. The van der Waals surface area contributed by atoms with Crippen LogP contribution in [0.2, 0.25) is 5.02 Å². The second-order valence-corrected chi connectivity index (χ2v) is 5.79. The van der Waals surface area contributed by atoms with Gasteiger partial charge in [0.1, 0.15) is 5.69 Å². The fourth-order valence-corrected chi connectivity index (χ4v) is 2.88. The predicted octanol–water partition coefficient (Wildman–Crippen LogP) is 2.90. The summed E-state index contributed by atoms with van der Waals surface area (Å²) in [6, 6.07) is 9.75. The highest BCUT2D eigenvalue weighted by molar-refractivity contribution is 6.35. The van der Waals surface area contributed by atoms with Gasteiger partial charge in [-0.3, -0.25) is 0 Å². The van der Waals surface area contributed by atoms with Gasteiger partial charge in [0.25, 0.3) is 0 Å². The zero-order valence-corrected chi connectivity index (χ0v) is 13.5. The summed E-state index contributed by atoms with van der Waals surface area (Å²) in [5, 5.41) is 15.6. The van der Waals surface area contributed by atoms with Gasteiger partial charge in [-0.1, -0.05) is 35.0 Å². The zero-order chi connectivity index (χ0) is 16.4. The second kappa shape index (κ2) is 6.37. The third-order valence-electron chi connectivity index (χ3n) is 3.80. The van der Waals surface area contributed by atoms with Crippen LogP contribution < -0.4 is 0 Å². The van der Waals surface area contributed by atoms with Crippen LogP contribution in [0.5, 0.6) is 0 Å². The van der Waals surface area contributed by atoms with Crippen molar-refractivity contribution < 1.29 is 0 Å². The van der Waals surface area contributed by atoms with Gasteiger partial charge in [-0.25, -0.2) is 9.97 Å². The van der Waals surface area contributed by atoms with E-state index in [9.17, 15) is 0 Å². The van der Waals surface area contributed by atoms with Crippen molar-refractivity contribution in [2.24, 2.45) is 0 Å². The van der Waals surface area contributed by atoms with E-state index in [1.807, 2.05) is 36.5 Å². The van der Waals surface area contributed by atoms with Gasteiger partial charge in [0.05, 0.1) is 10.5 Å². The van der Waals surface area contributed by atoms with Crippen LogP contribution in [-0.4, -0.2) is 35.2 Å². The Morgan fingerprint density at radius 1 is 1.17 bits per heavy atom. The number of nitrogens with one attached hydrogen (secondary N) is 1. The molecule has 24 heavy (non-hydrogen) atoms. The molecule has 4 rings (SSSR count). The Kier molecular flexibility index (Phi) is 3.92. The number of hydrogen-bond acceptors (Lipinski definition) is 5. The van der Waals surface area contributed by atoms with Crippen LogP contribution in [0.3, 0.4) is 0 Å². The smallest absolute Gasteiger partial charge is 0.174 e. The molecule has 0 saturated heterocycles. The van der Waals surface area contributed by atoms with Crippen molar-refractivity contribution in [1.82, 2.24) is 35.2 Å². The quantitative estimate of drug-likeness (QED) is 0.604. The summed E-state index contributed by atoms with van der Waals surface area (Å²) in [6.07, 6.45) is 5.37. The third kappa shape index (κ3) is 2.85. The number of pyridine rings is 1. The van der Waals surface area contributed by atoms with Gasteiger partial charge in [-0.15, -0.1) is 10.2 Å². The van der Waals surface area contributed by atoms with Crippen LogP contribution >= 0.6 is 11.6 Å². The molecule has 0 spiro atoms.